The molecule has 0 aliphatic rings. The molecule has 1 N–H and O–H groups in total. The summed E-state index contributed by atoms with van der Waals surface area (Å²) in [6.07, 6.45) is 0. The number of hydroxylamine groups is 1. The zero-order chi connectivity index (χ0) is 10.6. The third kappa shape index (κ3) is 2.38. The molecule has 0 saturated heterocycles. The summed E-state index contributed by atoms with van der Waals surface area (Å²) in [7, 11) is 3.21. The summed E-state index contributed by atoms with van der Waals surface area (Å²) < 4.78 is 5.22. The van der Waals surface area contributed by atoms with Crippen molar-refractivity contribution in [3.8, 4) is 5.75 Å². The van der Waals surface area contributed by atoms with E-state index >= 15 is 0 Å². The highest BCUT2D eigenvalue weighted by Crippen LogP contribution is 2.27. The van der Waals surface area contributed by atoms with Gasteiger partial charge >= 0.3 is 0 Å². The van der Waals surface area contributed by atoms with Crippen LogP contribution in [-0.4, -0.2) is 14.2 Å². The Morgan fingerprint density at radius 1 is 1.36 bits per heavy atom. The van der Waals surface area contributed by atoms with Crippen LogP contribution in [0.25, 0.3) is 0 Å². The summed E-state index contributed by atoms with van der Waals surface area (Å²) in [4.78, 5) is 4.79. The van der Waals surface area contributed by atoms with Crippen LogP contribution in [0, 0.1) is 6.92 Å². The van der Waals surface area contributed by atoms with E-state index in [0.717, 1.165) is 21.9 Å². The van der Waals surface area contributed by atoms with Crippen LogP contribution >= 0.6 is 11.6 Å². The number of ether oxygens (including phenoxy) is 1. The van der Waals surface area contributed by atoms with Crippen LogP contribution in [0.4, 0.5) is 0 Å². The van der Waals surface area contributed by atoms with E-state index in [9.17, 15) is 0 Å². The fourth-order valence-corrected chi connectivity index (χ4v) is 1.44. The molecule has 0 fully saturated rings. The number of halogens is 1. The minimum Gasteiger partial charge on any atom is -0.496 e. The monoisotopic (exact) mass is 215 g/mol. The molecular formula is C10H14ClNO2. The van der Waals surface area contributed by atoms with E-state index in [1.807, 2.05) is 19.1 Å². The second-order valence-corrected chi connectivity index (χ2v) is 3.29. The lowest BCUT2D eigenvalue weighted by molar-refractivity contribution is 0.0860. The summed E-state index contributed by atoms with van der Waals surface area (Å²) in [6, 6.07) is 3.67. The van der Waals surface area contributed by atoms with Gasteiger partial charge < -0.3 is 9.57 Å². The van der Waals surface area contributed by atoms with Crippen molar-refractivity contribution in [1.29, 1.82) is 0 Å². The average molecular weight is 216 g/mol. The summed E-state index contributed by atoms with van der Waals surface area (Å²) >= 11 is 6.00. The molecular weight excluding hydrogens is 202 g/mol. The SMILES string of the molecule is CONCc1c(OC)ccc(Cl)c1C. The maximum absolute atomic E-state index is 6.00. The molecule has 78 valence electrons. The molecule has 4 heteroatoms. The zero-order valence-corrected chi connectivity index (χ0v) is 9.31. The van der Waals surface area contributed by atoms with Crippen LogP contribution in [0.3, 0.4) is 0 Å². The standard InChI is InChI=1S/C10H14ClNO2/c1-7-8(6-12-14-3)10(13-2)5-4-9(7)11/h4-5,12H,6H2,1-3H3. The van der Waals surface area contributed by atoms with Gasteiger partial charge in [-0.05, 0) is 24.6 Å². The minimum absolute atomic E-state index is 0.575. The van der Waals surface area contributed by atoms with E-state index in [2.05, 4.69) is 5.48 Å². The Morgan fingerprint density at radius 2 is 2.07 bits per heavy atom. The van der Waals surface area contributed by atoms with Crippen LogP contribution < -0.4 is 10.2 Å². The quantitative estimate of drug-likeness (QED) is 0.782. The van der Waals surface area contributed by atoms with Gasteiger partial charge in [-0.15, -0.1) is 0 Å². The van der Waals surface area contributed by atoms with Gasteiger partial charge in [-0.1, -0.05) is 11.6 Å². The van der Waals surface area contributed by atoms with Gasteiger partial charge in [0.15, 0.2) is 0 Å². The van der Waals surface area contributed by atoms with Gasteiger partial charge in [0.05, 0.1) is 14.2 Å². The molecule has 0 saturated carbocycles. The molecule has 0 aliphatic carbocycles. The number of hydrogen-bond donors (Lipinski definition) is 1. The number of hydrogen-bond acceptors (Lipinski definition) is 3. The van der Waals surface area contributed by atoms with Crippen LogP contribution in [0.5, 0.6) is 5.75 Å². The highest BCUT2D eigenvalue weighted by atomic mass is 35.5. The van der Waals surface area contributed by atoms with E-state index in [4.69, 9.17) is 21.2 Å². The Kier molecular flexibility index (Phi) is 4.20. The number of benzene rings is 1. The van der Waals surface area contributed by atoms with Crippen LogP contribution in [-0.2, 0) is 11.4 Å². The van der Waals surface area contributed by atoms with Gasteiger partial charge in [-0.3, -0.25) is 0 Å². The highest BCUT2D eigenvalue weighted by Gasteiger charge is 2.08. The lowest BCUT2D eigenvalue weighted by Crippen LogP contribution is -2.12. The van der Waals surface area contributed by atoms with Crippen molar-refractivity contribution < 1.29 is 9.57 Å². The maximum Gasteiger partial charge on any atom is 0.123 e. The topological polar surface area (TPSA) is 30.5 Å². The molecule has 0 aromatic heterocycles. The molecule has 14 heavy (non-hydrogen) atoms. The molecule has 0 unspecified atom stereocenters. The van der Waals surface area contributed by atoms with Crippen molar-refractivity contribution in [2.75, 3.05) is 14.2 Å². The van der Waals surface area contributed by atoms with Crippen molar-refractivity contribution in [3.63, 3.8) is 0 Å². The predicted octanol–water partition coefficient (Wildman–Crippen LogP) is 2.31. The van der Waals surface area contributed by atoms with Gasteiger partial charge in [-0.25, -0.2) is 0 Å². The summed E-state index contributed by atoms with van der Waals surface area (Å²) in [6.45, 7) is 2.53. The fourth-order valence-electron chi connectivity index (χ4n) is 1.26. The van der Waals surface area contributed by atoms with E-state index < -0.39 is 0 Å². The van der Waals surface area contributed by atoms with Crippen molar-refractivity contribution in [3.05, 3.63) is 28.3 Å². The van der Waals surface area contributed by atoms with Gasteiger partial charge in [0.2, 0.25) is 0 Å². The smallest absolute Gasteiger partial charge is 0.123 e. The van der Waals surface area contributed by atoms with Crippen molar-refractivity contribution >= 4 is 11.6 Å². The van der Waals surface area contributed by atoms with Gasteiger partial charge in [0.25, 0.3) is 0 Å². The first-order valence-corrected chi connectivity index (χ1v) is 4.66. The Labute approximate surface area is 88.9 Å². The van der Waals surface area contributed by atoms with E-state index in [0.29, 0.717) is 6.54 Å². The molecule has 3 nitrogen and oxygen atoms in total. The first-order chi connectivity index (χ1) is 6.70. The minimum atomic E-state index is 0.575. The molecule has 0 radical (unpaired) electrons. The third-order valence-electron chi connectivity index (χ3n) is 2.10. The Balaban J connectivity index is 3.01. The van der Waals surface area contributed by atoms with E-state index in [1.54, 1.807) is 14.2 Å². The second-order valence-electron chi connectivity index (χ2n) is 2.88. The summed E-state index contributed by atoms with van der Waals surface area (Å²) in [5, 5.41) is 0.735. The average Bonchev–Trinajstić information content (AvgIpc) is 2.20. The zero-order valence-electron chi connectivity index (χ0n) is 8.56. The van der Waals surface area contributed by atoms with Gasteiger partial charge in [0, 0.05) is 17.1 Å². The highest BCUT2D eigenvalue weighted by molar-refractivity contribution is 6.31. The Morgan fingerprint density at radius 3 is 2.64 bits per heavy atom. The fraction of sp³-hybridized carbons (Fsp3) is 0.400. The molecule has 0 aliphatic heterocycles. The first kappa shape index (κ1) is 11.3. The number of nitrogens with one attached hydrogen (secondary N) is 1. The van der Waals surface area contributed by atoms with Crippen molar-refractivity contribution in [2.24, 2.45) is 0 Å². The largest absolute Gasteiger partial charge is 0.496 e. The van der Waals surface area contributed by atoms with Crippen LogP contribution in [0.15, 0.2) is 12.1 Å². The number of rotatable bonds is 4. The normalized spacial score (nSPS) is 10.3. The van der Waals surface area contributed by atoms with E-state index in [1.165, 1.54) is 0 Å². The molecule has 1 aromatic rings. The summed E-state index contributed by atoms with van der Waals surface area (Å²) in [5.41, 5.74) is 4.79. The Bertz CT molecular complexity index is 315. The van der Waals surface area contributed by atoms with Crippen molar-refractivity contribution in [2.45, 2.75) is 13.5 Å². The van der Waals surface area contributed by atoms with Crippen LogP contribution in [0.2, 0.25) is 5.02 Å². The molecule has 0 spiro atoms. The lowest BCUT2D eigenvalue weighted by Gasteiger charge is -2.12. The lowest BCUT2D eigenvalue weighted by atomic mass is 10.1. The molecule has 1 rings (SSSR count). The third-order valence-corrected chi connectivity index (χ3v) is 2.51. The first-order valence-electron chi connectivity index (χ1n) is 4.28. The van der Waals surface area contributed by atoms with Gasteiger partial charge in [0.1, 0.15) is 5.75 Å². The van der Waals surface area contributed by atoms with Gasteiger partial charge in [-0.2, -0.15) is 5.48 Å². The molecule has 0 atom stereocenters. The Hall–Kier alpha value is -0.770. The molecule has 0 bridgehead atoms. The summed E-state index contributed by atoms with van der Waals surface area (Å²) in [5.74, 6) is 0.816. The predicted molar refractivity (Wildman–Crippen MR) is 56.6 cm³/mol. The maximum atomic E-state index is 6.00. The van der Waals surface area contributed by atoms with Crippen molar-refractivity contribution in [1.82, 2.24) is 5.48 Å². The molecule has 1 aromatic carbocycles. The number of methoxy groups -OCH3 is 1. The molecule has 0 heterocycles. The second kappa shape index (κ2) is 5.20. The van der Waals surface area contributed by atoms with Crippen LogP contribution in [0.1, 0.15) is 11.1 Å². The molecule has 0 amide bonds. The van der Waals surface area contributed by atoms with E-state index in [-0.39, 0.29) is 0 Å².